The van der Waals surface area contributed by atoms with Gasteiger partial charge in [0.05, 0.1) is 0 Å². The average molecular weight is 486 g/mol. The molecular weight excluding hydrogens is 462 g/mol. The van der Waals surface area contributed by atoms with Crippen LogP contribution >= 0.6 is 23.4 Å². The summed E-state index contributed by atoms with van der Waals surface area (Å²) < 4.78 is 5.89. The van der Waals surface area contributed by atoms with Gasteiger partial charge in [0, 0.05) is 14.8 Å². The van der Waals surface area contributed by atoms with E-state index in [4.69, 9.17) is 32.3 Å². The van der Waals surface area contributed by atoms with Crippen LogP contribution in [0.25, 0.3) is 0 Å². The second-order valence-corrected chi connectivity index (χ2v) is 9.09. The molecule has 0 spiro atoms. The minimum Gasteiger partial charge on any atom is -0.489 e. The zero-order valence-electron chi connectivity index (χ0n) is 17.7. The third kappa shape index (κ3) is 6.74. The van der Waals surface area contributed by atoms with Gasteiger partial charge in [0.25, 0.3) is 0 Å². The molecule has 0 fully saturated rings. The van der Waals surface area contributed by atoms with Crippen molar-refractivity contribution in [3.63, 3.8) is 0 Å². The predicted molar refractivity (Wildman–Crippen MR) is 128 cm³/mol. The number of ether oxygens (including phenoxy) is 1. The van der Waals surface area contributed by atoms with Crippen LogP contribution in [-0.2, 0) is 22.6 Å². The summed E-state index contributed by atoms with van der Waals surface area (Å²) in [6, 6.07) is 23.4. The fourth-order valence-electron chi connectivity index (χ4n) is 3.16. The monoisotopic (exact) mass is 485 g/mol. The van der Waals surface area contributed by atoms with Crippen LogP contribution in [-0.4, -0.2) is 27.7 Å². The normalized spacial score (nSPS) is 11.2. The fraction of sp³-hybridized carbons (Fsp3) is 0.200. The van der Waals surface area contributed by atoms with E-state index in [9.17, 15) is 9.59 Å². The molecule has 0 heterocycles. The first-order valence-corrected chi connectivity index (χ1v) is 11.5. The SMILES string of the molecule is NC(CCCc1ccc(Sc2cccc(OCc3ccccc3)c2)cc1Cl)(C(=O)O)C(=O)O. The van der Waals surface area contributed by atoms with Crippen LogP contribution in [0.4, 0.5) is 0 Å². The van der Waals surface area contributed by atoms with Crippen molar-refractivity contribution in [1.29, 1.82) is 0 Å². The molecular formula is C25H24ClNO5S. The maximum absolute atomic E-state index is 11.2. The molecule has 4 N–H and O–H groups in total. The van der Waals surface area contributed by atoms with E-state index in [1.807, 2.05) is 72.8 Å². The van der Waals surface area contributed by atoms with Crippen molar-refractivity contribution < 1.29 is 24.5 Å². The fourth-order valence-corrected chi connectivity index (χ4v) is 4.41. The minimum atomic E-state index is -2.30. The summed E-state index contributed by atoms with van der Waals surface area (Å²) in [5.41, 5.74) is 5.12. The lowest BCUT2D eigenvalue weighted by molar-refractivity contribution is -0.157. The van der Waals surface area contributed by atoms with Crippen molar-refractivity contribution in [2.24, 2.45) is 5.73 Å². The number of halogens is 1. The summed E-state index contributed by atoms with van der Waals surface area (Å²) >= 11 is 7.96. The van der Waals surface area contributed by atoms with Crippen LogP contribution < -0.4 is 10.5 Å². The molecule has 0 saturated carbocycles. The molecule has 0 bridgehead atoms. The van der Waals surface area contributed by atoms with Crippen LogP contribution in [0, 0.1) is 0 Å². The average Bonchev–Trinajstić information content (AvgIpc) is 2.79. The Hall–Kier alpha value is -3.00. The molecule has 0 unspecified atom stereocenters. The second-order valence-electron chi connectivity index (χ2n) is 7.54. The molecule has 0 aliphatic carbocycles. The Morgan fingerprint density at radius 2 is 1.64 bits per heavy atom. The number of carboxylic acid groups (broad SMARTS) is 2. The van der Waals surface area contributed by atoms with Crippen LogP contribution in [0.5, 0.6) is 5.75 Å². The van der Waals surface area contributed by atoms with Crippen molar-refractivity contribution in [3.05, 3.63) is 88.9 Å². The number of hydrogen-bond donors (Lipinski definition) is 3. The van der Waals surface area contributed by atoms with Crippen LogP contribution in [0.2, 0.25) is 5.02 Å². The first-order valence-electron chi connectivity index (χ1n) is 10.3. The Labute approximate surface area is 201 Å². The number of hydrogen-bond acceptors (Lipinski definition) is 5. The third-order valence-electron chi connectivity index (χ3n) is 5.09. The van der Waals surface area contributed by atoms with Gasteiger partial charge in [-0.05, 0) is 60.7 Å². The Morgan fingerprint density at radius 3 is 2.30 bits per heavy atom. The van der Waals surface area contributed by atoms with E-state index in [2.05, 4.69) is 0 Å². The Kier molecular flexibility index (Phi) is 8.38. The zero-order chi connectivity index (χ0) is 23.8. The molecule has 0 aliphatic heterocycles. The summed E-state index contributed by atoms with van der Waals surface area (Å²) in [5.74, 6) is -2.33. The van der Waals surface area contributed by atoms with Gasteiger partial charge in [-0.3, -0.25) is 0 Å². The Bertz CT molecular complexity index is 1110. The van der Waals surface area contributed by atoms with Crippen LogP contribution in [0.1, 0.15) is 24.0 Å². The molecule has 8 heteroatoms. The number of carboxylic acids is 2. The molecule has 33 heavy (non-hydrogen) atoms. The summed E-state index contributed by atoms with van der Waals surface area (Å²) in [6.45, 7) is 0.489. The summed E-state index contributed by atoms with van der Waals surface area (Å²) in [6.07, 6.45) is 0.508. The van der Waals surface area contributed by atoms with Crippen LogP contribution in [0.3, 0.4) is 0 Å². The highest BCUT2D eigenvalue weighted by Crippen LogP contribution is 2.33. The lowest BCUT2D eigenvalue weighted by Gasteiger charge is -2.19. The number of benzene rings is 3. The number of nitrogens with two attached hydrogens (primary N) is 1. The van der Waals surface area contributed by atoms with E-state index in [0.29, 0.717) is 18.1 Å². The Morgan fingerprint density at radius 1 is 0.939 bits per heavy atom. The van der Waals surface area contributed by atoms with Gasteiger partial charge in [0.2, 0.25) is 5.54 Å². The summed E-state index contributed by atoms with van der Waals surface area (Å²) in [7, 11) is 0. The smallest absolute Gasteiger partial charge is 0.335 e. The second kappa shape index (κ2) is 11.2. The van der Waals surface area contributed by atoms with Crippen molar-refractivity contribution in [1.82, 2.24) is 0 Å². The van der Waals surface area contributed by atoms with Crippen LogP contribution in [0.15, 0.2) is 82.6 Å². The molecule has 0 radical (unpaired) electrons. The zero-order valence-corrected chi connectivity index (χ0v) is 19.3. The number of carbonyl (C=O) groups is 2. The number of rotatable bonds is 11. The van der Waals surface area contributed by atoms with Crippen molar-refractivity contribution in [2.75, 3.05) is 0 Å². The predicted octanol–water partition coefficient (Wildman–Crippen LogP) is 5.26. The van der Waals surface area contributed by atoms with Gasteiger partial charge in [-0.1, -0.05) is 65.8 Å². The van der Waals surface area contributed by atoms with Gasteiger partial charge < -0.3 is 20.7 Å². The van der Waals surface area contributed by atoms with E-state index < -0.39 is 17.5 Å². The van der Waals surface area contributed by atoms with Crippen molar-refractivity contribution in [3.8, 4) is 5.75 Å². The molecule has 3 aromatic carbocycles. The number of aryl methyl sites for hydroxylation is 1. The van der Waals surface area contributed by atoms with Gasteiger partial charge in [0.1, 0.15) is 12.4 Å². The molecule has 0 amide bonds. The topological polar surface area (TPSA) is 110 Å². The van der Waals surface area contributed by atoms with E-state index in [1.165, 1.54) is 0 Å². The maximum atomic E-state index is 11.2. The molecule has 3 rings (SSSR count). The third-order valence-corrected chi connectivity index (χ3v) is 6.43. The minimum absolute atomic E-state index is 0.194. The van der Waals surface area contributed by atoms with Crippen molar-refractivity contribution in [2.45, 2.75) is 41.2 Å². The van der Waals surface area contributed by atoms with Gasteiger partial charge in [-0.25, -0.2) is 9.59 Å². The van der Waals surface area contributed by atoms with E-state index in [1.54, 1.807) is 11.8 Å². The molecule has 0 aliphatic rings. The first kappa shape index (κ1) is 24.6. The van der Waals surface area contributed by atoms with Gasteiger partial charge in [-0.15, -0.1) is 0 Å². The lowest BCUT2D eigenvalue weighted by atomic mass is 9.93. The van der Waals surface area contributed by atoms with E-state index in [0.717, 1.165) is 26.7 Å². The molecule has 3 aromatic rings. The van der Waals surface area contributed by atoms with Gasteiger partial charge >= 0.3 is 11.9 Å². The molecule has 0 aromatic heterocycles. The van der Waals surface area contributed by atoms with Gasteiger partial charge in [-0.2, -0.15) is 0 Å². The molecule has 6 nitrogen and oxygen atoms in total. The quantitative estimate of drug-likeness (QED) is 0.318. The number of aliphatic carboxylic acids is 2. The highest BCUT2D eigenvalue weighted by atomic mass is 35.5. The highest BCUT2D eigenvalue weighted by molar-refractivity contribution is 7.99. The largest absolute Gasteiger partial charge is 0.489 e. The van der Waals surface area contributed by atoms with E-state index in [-0.39, 0.29) is 12.8 Å². The molecule has 0 saturated heterocycles. The molecule has 172 valence electrons. The summed E-state index contributed by atoms with van der Waals surface area (Å²) in [5, 5.41) is 18.7. The van der Waals surface area contributed by atoms with Crippen molar-refractivity contribution >= 4 is 35.3 Å². The highest BCUT2D eigenvalue weighted by Gasteiger charge is 2.41. The van der Waals surface area contributed by atoms with E-state index >= 15 is 0 Å². The summed E-state index contributed by atoms with van der Waals surface area (Å²) in [4.78, 5) is 24.3. The first-order chi connectivity index (χ1) is 15.8. The lowest BCUT2D eigenvalue weighted by Crippen LogP contribution is -2.54. The molecule has 0 atom stereocenters. The standard InChI is InChI=1S/C25H24ClNO5S/c26-22-15-21(12-11-18(22)8-5-13-25(27,23(28)29)24(30)31)33-20-10-4-9-19(14-20)32-16-17-6-2-1-3-7-17/h1-4,6-7,9-12,14-15H,5,8,13,16,27H2,(H,28,29)(H,30,31). The van der Waals surface area contributed by atoms with Gasteiger partial charge in [0.15, 0.2) is 0 Å². The maximum Gasteiger partial charge on any atom is 0.335 e. The Balaban J connectivity index is 1.59.